The molecule has 1 atom stereocenters. The van der Waals surface area contributed by atoms with E-state index in [1.54, 1.807) is 6.08 Å². The third-order valence-electron chi connectivity index (χ3n) is 2.59. The third kappa shape index (κ3) is 3.59. The van der Waals surface area contributed by atoms with Gasteiger partial charge in [-0.2, -0.15) is 0 Å². The zero-order valence-electron chi connectivity index (χ0n) is 8.07. The van der Waals surface area contributed by atoms with E-state index in [0.717, 1.165) is 13.0 Å². The Kier molecular flexibility index (Phi) is 3.96. The van der Waals surface area contributed by atoms with E-state index in [0.29, 0.717) is 6.04 Å². The molecular formula is C10H17NO2. The van der Waals surface area contributed by atoms with Gasteiger partial charge in [-0.05, 0) is 32.9 Å². The van der Waals surface area contributed by atoms with E-state index in [9.17, 15) is 4.79 Å². The van der Waals surface area contributed by atoms with Crippen LogP contribution in [-0.4, -0.2) is 35.6 Å². The van der Waals surface area contributed by atoms with Crippen LogP contribution in [0.1, 0.15) is 25.7 Å². The molecule has 0 aromatic rings. The maximum absolute atomic E-state index is 10.2. The fourth-order valence-electron chi connectivity index (χ4n) is 1.77. The van der Waals surface area contributed by atoms with Crippen molar-refractivity contribution in [1.82, 2.24) is 4.90 Å². The van der Waals surface area contributed by atoms with Gasteiger partial charge in [0.15, 0.2) is 0 Å². The number of piperidine rings is 1. The van der Waals surface area contributed by atoms with E-state index in [1.807, 2.05) is 0 Å². The van der Waals surface area contributed by atoms with Gasteiger partial charge in [0.05, 0.1) is 0 Å². The van der Waals surface area contributed by atoms with Crippen LogP contribution in [0.4, 0.5) is 0 Å². The van der Waals surface area contributed by atoms with Crippen LogP contribution in [0.3, 0.4) is 0 Å². The van der Waals surface area contributed by atoms with Gasteiger partial charge in [0, 0.05) is 12.1 Å². The Morgan fingerprint density at radius 1 is 1.62 bits per heavy atom. The highest BCUT2D eigenvalue weighted by molar-refractivity contribution is 5.79. The van der Waals surface area contributed by atoms with Gasteiger partial charge in [-0.25, -0.2) is 4.79 Å². The molecule has 0 aromatic heterocycles. The smallest absolute Gasteiger partial charge is 0.327 e. The van der Waals surface area contributed by atoms with Crippen molar-refractivity contribution < 1.29 is 9.90 Å². The fourth-order valence-corrected chi connectivity index (χ4v) is 1.77. The standard InChI is InChI=1S/C10H17NO2/c1-11-8-3-2-5-9(11)6-4-7-10(12)13/h4,7,9H,2-3,5-6,8H2,1H3,(H,12,13)/b7-4-. The van der Waals surface area contributed by atoms with Crippen LogP contribution in [0.5, 0.6) is 0 Å². The van der Waals surface area contributed by atoms with E-state index in [2.05, 4.69) is 11.9 Å². The van der Waals surface area contributed by atoms with Gasteiger partial charge in [0.1, 0.15) is 0 Å². The van der Waals surface area contributed by atoms with E-state index in [1.165, 1.54) is 25.3 Å². The number of hydrogen-bond donors (Lipinski definition) is 1. The molecule has 3 nitrogen and oxygen atoms in total. The minimum absolute atomic E-state index is 0.546. The molecule has 1 aliphatic heterocycles. The van der Waals surface area contributed by atoms with Crippen molar-refractivity contribution in [3.05, 3.63) is 12.2 Å². The van der Waals surface area contributed by atoms with Crippen molar-refractivity contribution in [2.75, 3.05) is 13.6 Å². The number of hydrogen-bond acceptors (Lipinski definition) is 2. The van der Waals surface area contributed by atoms with Gasteiger partial charge >= 0.3 is 5.97 Å². The van der Waals surface area contributed by atoms with Crippen molar-refractivity contribution in [3.8, 4) is 0 Å². The summed E-state index contributed by atoms with van der Waals surface area (Å²) in [5.41, 5.74) is 0. The highest BCUT2D eigenvalue weighted by Gasteiger charge is 2.16. The molecule has 0 aromatic carbocycles. The van der Waals surface area contributed by atoms with Crippen LogP contribution in [-0.2, 0) is 4.79 Å². The minimum atomic E-state index is -0.849. The molecule has 1 unspecified atom stereocenters. The largest absolute Gasteiger partial charge is 0.478 e. The van der Waals surface area contributed by atoms with Gasteiger partial charge < -0.3 is 10.0 Å². The minimum Gasteiger partial charge on any atom is -0.478 e. The zero-order valence-corrected chi connectivity index (χ0v) is 8.07. The molecule has 1 rings (SSSR count). The lowest BCUT2D eigenvalue weighted by Gasteiger charge is -2.31. The molecule has 3 heteroatoms. The normalized spacial score (nSPS) is 25.2. The SMILES string of the molecule is CN1CCCCC1C/C=C\C(=O)O. The maximum Gasteiger partial charge on any atom is 0.327 e. The maximum atomic E-state index is 10.2. The van der Waals surface area contributed by atoms with Crippen LogP contribution < -0.4 is 0 Å². The fraction of sp³-hybridized carbons (Fsp3) is 0.700. The summed E-state index contributed by atoms with van der Waals surface area (Å²) in [6.45, 7) is 1.14. The molecule has 13 heavy (non-hydrogen) atoms. The Labute approximate surface area is 79.0 Å². The number of nitrogens with zero attached hydrogens (tertiary/aromatic N) is 1. The molecule has 1 heterocycles. The van der Waals surface area contributed by atoms with Crippen molar-refractivity contribution in [3.63, 3.8) is 0 Å². The predicted molar refractivity (Wildman–Crippen MR) is 51.7 cm³/mol. The van der Waals surface area contributed by atoms with Crippen molar-refractivity contribution in [2.45, 2.75) is 31.7 Å². The highest BCUT2D eigenvalue weighted by Crippen LogP contribution is 2.17. The summed E-state index contributed by atoms with van der Waals surface area (Å²) in [6, 6.07) is 0.546. The van der Waals surface area contributed by atoms with Gasteiger partial charge in [0.25, 0.3) is 0 Å². The number of aliphatic carboxylic acids is 1. The molecule has 0 spiro atoms. The van der Waals surface area contributed by atoms with Crippen molar-refractivity contribution >= 4 is 5.97 Å². The lowest BCUT2D eigenvalue weighted by atomic mass is 10.00. The van der Waals surface area contributed by atoms with E-state index in [4.69, 9.17) is 5.11 Å². The second-order valence-corrected chi connectivity index (χ2v) is 3.61. The Hall–Kier alpha value is -0.830. The summed E-state index contributed by atoms with van der Waals surface area (Å²) in [4.78, 5) is 12.5. The molecule has 1 N–H and O–H groups in total. The molecule has 0 bridgehead atoms. The van der Waals surface area contributed by atoms with Crippen LogP contribution in [0.25, 0.3) is 0 Å². The molecule has 1 fully saturated rings. The van der Waals surface area contributed by atoms with Gasteiger partial charge in [-0.15, -0.1) is 0 Å². The summed E-state index contributed by atoms with van der Waals surface area (Å²) in [7, 11) is 2.11. The molecule has 0 saturated carbocycles. The Morgan fingerprint density at radius 2 is 2.38 bits per heavy atom. The van der Waals surface area contributed by atoms with E-state index < -0.39 is 5.97 Å². The lowest BCUT2D eigenvalue weighted by molar-refractivity contribution is -0.131. The first-order valence-electron chi connectivity index (χ1n) is 4.80. The number of carboxylic acids is 1. The molecular weight excluding hydrogens is 166 g/mol. The summed E-state index contributed by atoms with van der Waals surface area (Å²) in [5.74, 6) is -0.849. The van der Waals surface area contributed by atoms with Crippen LogP contribution in [0.2, 0.25) is 0 Å². The van der Waals surface area contributed by atoms with Crippen LogP contribution >= 0.6 is 0 Å². The molecule has 0 radical (unpaired) electrons. The molecule has 1 saturated heterocycles. The molecule has 1 aliphatic rings. The molecule has 0 amide bonds. The van der Waals surface area contributed by atoms with Gasteiger partial charge in [0.2, 0.25) is 0 Å². The predicted octanol–water partition coefficient (Wildman–Crippen LogP) is 1.50. The van der Waals surface area contributed by atoms with E-state index >= 15 is 0 Å². The average molecular weight is 183 g/mol. The molecule has 0 aliphatic carbocycles. The number of carbonyl (C=O) groups is 1. The lowest BCUT2D eigenvalue weighted by Crippen LogP contribution is -2.35. The van der Waals surface area contributed by atoms with Gasteiger partial charge in [-0.1, -0.05) is 12.5 Å². The van der Waals surface area contributed by atoms with Crippen molar-refractivity contribution in [2.24, 2.45) is 0 Å². The summed E-state index contributed by atoms with van der Waals surface area (Å²) >= 11 is 0. The summed E-state index contributed by atoms with van der Waals surface area (Å²) in [6.07, 6.45) is 7.60. The monoisotopic (exact) mass is 183 g/mol. The Balaban J connectivity index is 2.30. The van der Waals surface area contributed by atoms with Crippen LogP contribution in [0.15, 0.2) is 12.2 Å². The number of rotatable bonds is 3. The van der Waals surface area contributed by atoms with Gasteiger partial charge in [-0.3, -0.25) is 0 Å². The second kappa shape index (κ2) is 5.02. The zero-order chi connectivity index (χ0) is 9.68. The third-order valence-corrected chi connectivity index (χ3v) is 2.59. The first-order valence-corrected chi connectivity index (χ1v) is 4.80. The quantitative estimate of drug-likeness (QED) is 0.674. The molecule has 74 valence electrons. The average Bonchev–Trinajstić information content (AvgIpc) is 2.08. The van der Waals surface area contributed by atoms with E-state index in [-0.39, 0.29) is 0 Å². The summed E-state index contributed by atoms with van der Waals surface area (Å²) < 4.78 is 0. The first kappa shape index (κ1) is 10.3. The van der Waals surface area contributed by atoms with Crippen molar-refractivity contribution in [1.29, 1.82) is 0 Å². The Bertz CT molecular complexity index is 201. The second-order valence-electron chi connectivity index (χ2n) is 3.61. The first-order chi connectivity index (χ1) is 6.20. The summed E-state index contributed by atoms with van der Waals surface area (Å²) in [5, 5.41) is 8.41. The Morgan fingerprint density at radius 3 is 3.00 bits per heavy atom. The van der Waals surface area contributed by atoms with Crippen LogP contribution in [0, 0.1) is 0 Å². The highest BCUT2D eigenvalue weighted by atomic mass is 16.4. The number of carboxylic acid groups (broad SMARTS) is 1. The number of likely N-dealkylation sites (tertiary alicyclic amines) is 1. The topological polar surface area (TPSA) is 40.5 Å².